The lowest BCUT2D eigenvalue weighted by atomic mass is 10.0. The van der Waals surface area contributed by atoms with E-state index >= 15 is 0 Å². The highest BCUT2D eigenvalue weighted by Crippen LogP contribution is 2.36. The van der Waals surface area contributed by atoms with Crippen molar-refractivity contribution in [3.63, 3.8) is 0 Å². The second-order valence-electron chi connectivity index (χ2n) is 5.26. The van der Waals surface area contributed by atoms with Gasteiger partial charge in [0.15, 0.2) is 0 Å². The van der Waals surface area contributed by atoms with Crippen LogP contribution in [0.15, 0.2) is 18.2 Å². The summed E-state index contributed by atoms with van der Waals surface area (Å²) >= 11 is 0. The molecule has 1 aromatic carbocycles. The van der Waals surface area contributed by atoms with E-state index in [0.29, 0.717) is 25.4 Å². The van der Waals surface area contributed by atoms with Gasteiger partial charge in [0.1, 0.15) is 11.9 Å². The van der Waals surface area contributed by atoms with Crippen LogP contribution in [0.2, 0.25) is 0 Å². The van der Waals surface area contributed by atoms with Gasteiger partial charge in [-0.15, -0.1) is 0 Å². The zero-order valence-corrected chi connectivity index (χ0v) is 11.8. The molecule has 4 heteroatoms. The van der Waals surface area contributed by atoms with Crippen LogP contribution in [0.4, 0.5) is 5.69 Å². The number of nitrogens with zero attached hydrogens (tertiary/aromatic N) is 1. The fourth-order valence-electron chi connectivity index (χ4n) is 2.26. The van der Waals surface area contributed by atoms with Crippen molar-refractivity contribution in [1.29, 1.82) is 0 Å². The highest BCUT2D eigenvalue weighted by atomic mass is 16.5. The van der Waals surface area contributed by atoms with Gasteiger partial charge >= 0.3 is 0 Å². The van der Waals surface area contributed by atoms with Crippen LogP contribution in [0.25, 0.3) is 0 Å². The molecule has 1 amide bonds. The minimum Gasteiger partial charge on any atom is -0.486 e. The van der Waals surface area contributed by atoms with Gasteiger partial charge in [0, 0.05) is 13.0 Å². The van der Waals surface area contributed by atoms with Gasteiger partial charge < -0.3 is 15.4 Å². The van der Waals surface area contributed by atoms with Gasteiger partial charge in [-0.05, 0) is 23.6 Å². The molecule has 1 heterocycles. The molecule has 0 fully saturated rings. The second-order valence-corrected chi connectivity index (χ2v) is 5.26. The lowest BCUT2D eigenvalue weighted by Gasteiger charge is -2.36. The highest BCUT2D eigenvalue weighted by Gasteiger charge is 2.30. The van der Waals surface area contributed by atoms with Gasteiger partial charge in [0.25, 0.3) is 0 Å². The number of rotatable bonds is 3. The largest absolute Gasteiger partial charge is 0.486 e. The van der Waals surface area contributed by atoms with Crippen LogP contribution in [0.3, 0.4) is 0 Å². The number of anilines is 1. The normalized spacial score (nSPS) is 18.2. The molecule has 0 saturated heterocycles. The summed E-state index contributed by atoms with van der Waals surface area (Å²) in [7, 11) is 0. The van der Waals surface area contributed by atoms with E-state index in [1.54, 1.807) is 0 Å². The van der Waals surface area contributed by atoms with Crippen LogP contribution in [-0.2, 0) is 11.3 Å². The van der Waals surface area contributed by atoms with E-state index in [-0.39, 0.29) is 12.0 Å². The highest BCUT2D eigenvalue weighted by molar-refractivity contribution is 5.95. The van der Waals surface area contributed by atoms with Gasteiger partial charge in [-0.1, -0.05) is 26.8 Å². The first-order valence-electron chi connectivity index (χ1n) is 6.86. The molecule has 1 aliphatic rings. The predicted molar refractivity (Wildman–Crippen MR) is 76.2 cm³/mol. The molecule has 104 valence electrons. The van der Waals surface area contributed by atoms with Crippen molar-refractivity contribution < 1.29 is 9.53 Å². The summed E-state index contributed by atoms with van der Waals surface area (Å²) in [6.07, 6.45) is 0.541. The van der Waals surface area contributed by atoms with Gasteiger partial charge in [0.05, 0.1) is 12.2 Å². The van der Waals surface area contributed by atoms with Crippen LogP contribution in [0, 0.1) is 5.92 Å². The molecule has 2 rings (SSSR count). The molecular weight excluding hydrogens is 240 g/mol. The molecule has 1 unspecified atom stereocenters. The molecule has 0 saturated carbocycles. The predicted octanol–water partition coefficient (Wildman–Crippen LogP) is 2.31. The summed E-state index contributed by atoms with van der Waals surface area (Å²) in [4.78, 5) is 13.9. The first-order chi connectivity index (χ1) is 9.06. The maximum absolute atomic E-state index is 12.1. The number of amides is 1. The number of ether oxygens (including phenoxy) is 1. The molecular formula is C15H22N2O2. The molecule has 0 aliphatic carbocycles. The zero-order chi connectivity index (χ0) is 14.0. The Balaban J connectivity index is 2.40. The molecule has 0 radical (unpaired) electrons. The van der Waals surface area contributed by atoms with E-state index < -0.39 is 0 Å². The van der Waals surface area contributed by atoms with Crippen LogP contribution in [0.5, 0.6) is 5.75 Å². The first-order valence-corrected chi connectivity index (χ1v) is 6.86. The van der Waals surface area contributed by atoms with Crippen LogP contribution in [0.1, 0.15) is 32.8 Å². The number of carbonyl (C=O) groups excluding carboxylic acids is 1. The lowest BCUT2D eigenvalue weighted by Crippen LogP contribution is -2.45. The Labute approximate surface area is 114 Å². The third kappa shape index (κ3) is 2.73. The monoisotopic (exact) mass is 262 g/mol. The summed E-state index contributed by atoms with van der Waals surface area (Å²) in [5.41, 5.74) is 7.54. The Morgan fingerprint density at radius 2 is 2.26 bits per heavy atom. The van der Waals surface area contributed by atoms with E-state index in [2.05, 4.69) is 13.8 Å². The molecule has 0 aromatic heterocycles. The average molecular weight is 262 g/mol. The molecule has 4 nitrogen and oxygen atoms in total. The van der Waals surface area contributed by atoms with E-state index in [9.17, 15) is 4.79 Å². The lowest BCUT2D eigenvalue weighted by molar-refractivity contribution is -0.118. The van der Waals surface area contributed by atoms with Crippen molar-refractivity contribution in [3.05, 3.63) is 23.8 Å². The van der Waals surface area contributed by atoms with Gasteiger partial charge in [-0.25, -0.2) is 0 Å². The molecule has 1 aromatic rings. The number of hydrogen-bond donors (Lipinski definition) is 1. The van der Waals surface area contributed by atoms with E-state index in [1.807, 2.05) is 30.0 Å². The number of benzene rings is 1. The SMILES string of the molecule is CCC(=O)N1CC(C(C)C)Oc2cc(CN)ccc21. The first kappa shape index (κ1) is 13.9. The fraction of sp³-hybridized carbons (Fsp3) is 0.533. The standard InChI is InChI=1S/C15H22N2O2/c1-4-15(18)17-9-14(10(2)3)19-13-7-11(8-16)5-6-12(13)17/h5-7,10,14H,4,8-9,16H2,1-3H3. The quantitative estimate of drug-likeness (QED) is 0.909. The van der Waals surface area contributed by atoms with Crippen LogP contribution < -0.4 is 15.4 Å². The Bertz CT molecular complexity index is 471. The summed E-state index contributed by atoms with van der Waals surface area (Å²) in [5.74, 6) is 1.27. The molecule has 1 atom stereocenters. The minimum absolute atomic E-state index is 0.0380. The minimum atomic E-state index is 0.0380. The molecule has 0 bridgehead atoms. The summed E-state index contributed by atoms with van der Waals surface area (Å²) in [5, 5.41) is 0. The van der Waals surface area contributed by atoms with Crippen molar-refractivity contribution in [2.45, 2.75) is 39.8 Å². The van der Waals surface area contributed by atoms with Crippen molar-refractivity contribution in [2.75, 3.05) is 11.4 Å². The van der Waals surface area contributed by atoms with Crippen LogP contribution in [-0.4, -0.2) is 18.6 Å². The third-order valence-electron chi connectivity index (χ3n) is 3.54. The van der Waals surface area contributed by atoms with Crippen molar-refractivity contribution >= 4 is 11.6 Å². The van der Waals surface area contributed by atoms with Crippen molar-refractivity contribution in [3.8, 4) is 5.75 Å². The topological polar surface area (TPSA) is 55.6 Å². The maximum Gasteiger partial charge on any atom is 0.226 e. The van der Waals surface area contributed by atoms with Crippen molar-refractivity contribution in [1.82, 2.24) is 0 Å². The Kier molecular flexibility index (Phi) is 4.10. The van der Waals surface area contributed by atoms with Crippen LogP contribution >= 0.6 is 0 Å². The second kappa shape index (κ2) is 5.61. The average Bonchev–Trinajstić information content (AvgIpc) is 2.44. The number of hydrogen-bond acceptors (Lipinski definition) is 3. The Morgan fingerprint density at radius 3 is 2.84 bits per heavy atom. The summed E-state index contributed by atoms with van der Waals surface area (Å²) < 4.78 is 6.01. The zero-order valence-electron chi connectivity index (χ0n) is 11.8. The van der Waals surface area contributed by atoms with E-state index in [1.165, 1.54) is 0 Å². The molecule has 1 aliphatic heterocycles. The third-order valence-corrected chi connectivity index (χ3v) is 3.54. The smallest absolute Gasteiger partial charge is 0.226 e. The fourth-order valence-corrected chi connectivity index (χ4v) is 2.26. The van der Waals surface area contributed by atoms with Gasteiger partial charge in [-0.2, -0.15) is 0 Å². The van der Waals surface area contributed by atoms with Crippen molar-refractivity contribution in [2.24, 2.45) is 11.7 Å². The number of fused-ring (bicyclic) bond motifs is 1. The van der Waals surface area contributed by atoms with Gasteiger partial charge in [-0.3, -0.25) is 4.79 Å². The number of carbonyl (C=O) groups is 1. The molecule has 19 heavy (non-hydrogen) atoms. The maximum atomic E-state index is 12.1. The summed E-state index contributed by atoms with van der Waals surface area (Å²) in [6, 6.07) is 5.83. The summed E-state index contributed by atoms with van der Waals surface area (Å²) in [6.45, 7) is 7.20. The van der Waals surface area contributed by atoms with E-state index in [4.69, 9.17) is 10.5 Å². The number of nitrogens with two attached hydrogens (primary N) is 1. The van der Waals surface area contributed by atoms with Gasteiger partial charge in [0.2, 0.25) is 5.91 Å². The Hall–Kier alpha value is -1.55. The van der Waals surface area contributed by atoms with E-state index in [0.717, 1.165) is 17.0 Å². The Morgan fingerprint density at radius 1 is 1.53 bits per heavy atom. The molecule has 0 spiro atoms. The molecule has 2 N–H and O–H groups in total.